The number of non-ortho nitro benzene ring substituents is 1. The largest absolute Gasteiger partial charge is 0.324 e. The highest BCUT2D eigenvalue weighted by Gasteiger charge is 2.18. The summed E-state index contributed by atoms with van der Waals surface area (Å²) < 4.78 is 15.3. The molecular formula is C13H16FN5O2. The van der Waals surface area contributed by atoms with E-state index < -0.39 is 10.7 Å². The lowest BCUT2D eigenvalue weighted by Crippen LogP contribution is -2.13. The second kappa shape index (κ2) is 5.96. The molecule has 7 nitrogen and oxygen atoms in total. The zero-order valence-electron chi connectivity index (χ0n) is 11.8. The molecule has 0 aliphatic heterocycles. The fourth-order valence-electron chi connectivity index (χ4n) is 2.07. The first kappa shape index (κ1) is 15.0. The van der Waals surface area contributed by atoms with Crippen LogP contribution in [0.2, 0.25) is 0 Å². The monoisotopic (exact) mass is 293 g/mol. The molecule has 0 unspecified atom stereocenters. The number of nitro benzene ring substituents is 1. The second-order valence-electron chi connectivity index (χ2n) is 5.10. The number of rotatable bonds is 5. The van der Waals surface area contributed by atoms with Crippen molar-refractivity contribution < 1.29 is 9.31 Å². The Morgan fingerprint density at radius 2 is 2.10 bits per heavy atom. The SMILES string of the molecule is CC(C)Cn1c(CN)nnc1-c1cc(F)cc([N+](=O)[O-])c1. The minimum absolute atomic E-state index is 0.192. The van der Waals surface area contributed by atoms with Crippen molar-refractivity contribution in [3.05, 3.63) is 40.0 Å². The molecule has 2 rings (SSSR count). The van der Waals surface area contributed by atoms with Crippen LogP contribution >= 0.6 is 0 Å². The van der Waals surface area contributed by atoms with Gasteiger partial charge in [-0.3, -0.25) is 10.1 Å². The van der Waals surface area contributed by atoms with Crippen LogP contribution in [-0.4, -0.2) is 19.7 Å². The topological polar surface area (TPSA) is 99.9 Å². The standard InChI is InChI=1S/C13H16FN5O2/c1-8(2)7-18-12(6-15)16-17-13(18)9-3-10(14)5-11(4-9)19(20)21/h3-5,8H,6-7,15H2,1-2H3. The third kappa shape index (κ3) is 3.22. The van der Waals surface area contributed by atoms with E-state index in [9.17, 15) is 14.5 Å². The summed E-state index contributed by atoms with van der Waals surface area (Å²) in [6.45, 7) is 4.81. The van der Waals surface area contributed by atoms with Crippen molar-refractivity contribution in [1.29, 1.82) is 0 Å². The molecule has 1 aromatic carbocycles. The van der Waals surface area contributed by atoms with Crippen LogP contribution in [-0.2, 0) is 13.1 Å². The molecule has 2 N–H and O–H groups in total. The first-order chi connectivity index (χ1) is 9.92. The Kier molecular flexibility index (Phi) is 4.27. The lowest BCUT2D eigenvalue weighted by atomic mass is 10.1. The molecule has 0 aliphatic carbocycles. The zero-order valence-corrected chi connectivity index (χ0v) is 11.8. The van der Waals surface area contributed by atoms with Crippen molar-refractivity contribution in [3.63, 3.8) is 0 Å². The molecule has 1 aromatic heterocycles. The number of nitrogens with zero attached hydrogens (tertiary/aromatic N) is 4. The first-order valence-electron chi connectivity index (χ1n) is 6.50. The van der Waals surface area contributed by atoms with Gasteiger partial charge in [-0.2, -0.15) is 0 Å². The van der Waals surface area contributed by atoms with Crippen molar-refractivity contribution in [2.75, 3.05) is 0 Å². The lowest BCUT2D eigenvalue weighted by molar-refractivity contribution is -0.385. The molecule has 0 bridgehead atoms. The lowest BCUT2D eigenvalue weighted by Gasteiger charge is -2.12. The number of benzene rings is 1. The van der Waals surface area contributed by atoms with Crippen LogP contribution in [0.1, 0.15) is 19.7 Å². The number of halogens is 1. The van der Waals surface area contributed by atoms with Crippen molar-refractivity contribution >= 4 is 5.69 Å². The number of nitro groups is 1. The number of nitrogens with two attached hydrogens (primary N) is 1. The van der Waals surface area contributed by atoms with E-state index in [0.29, 0.717) is 29.7 Å². The smallest absolute Gasteiger partial charge is 0.273 e. The van der Waals surface area contributed by atoms with Crippen LogP contribution in [0.15, 0.2) is 18.2 Å². The number of aromatic nitrogens is 3. The molecule has 0 aliphatic rings. The normalized spacial score (nSPS) is 11.1. The molecule has 21 heavy (non-hydrogen) atoms. The summed E-state index contributed by atoms with van der Waals surface area (Å²) in [6, 6.07) is 3.36. The fraction of sp³-hybridized carbons (Fsp3) is 0.385. The van der Waals surface area contributed by atoms with E-state index in [-0.39, 0.29) is 12.2 Å². The first-order valence-corrected chi connectivity index (χ1v) is 6.50. The van der Waals surface area contributed by atoms with E-state index >= 15 is 0 Å². The summed E-state index contributed by atoms with van der Waals surface area (Å²) in [5.41, 5.74) is 5.61. The summed E-state index contributed by atoms with van der Waals surface area (Å²) in [5.74, 6) is 0.554. The predicted octanol–water partition coefficient (Wildman–Crippen LogP) is 2.11. The van der Waals surface area contributed by atoms with Gasteiger partial charge in [0.1, 0.15) is 11.6 Å². The van der Waals surface area contributed by atoms with Gasteiger partial charge in [0.15, 0.2) is 5.82 Å². The molecular weight excluding hydrogens is 277 g/mol. The minimum Gasteiger partial charge on any atom is -0.324 e. The van der Waals surface area contributed by atoms with Crippen molar-refractivity contribution in [2.24, 2.45) is 11.7 Å². The second-order valence-corrected chi connectivity index (χ2v) is 5.10. The Morgan fingerprint density at radius 3 is 2.67 bits per heavy atom. The van der Waals surface area contributed by atoms with E-state index in [1.54, 1.807) is 4.57 Å². The maximum absolute atomic E-state index is 13.6. The highest BCUT2D eigenvalue weighted by Crippen LogP contribution is 2.25. The van der Waals surface area contributed by atoms with Gasteiger partial charge in [-0.15, -0.1) is 10.2 Å². The van der Waals surface area contributed by atoms with Crippen molar-refractivity contribution in [2.45, 2.75) is 26.9 Å². The van der Waals surface area contributed by atoms with E-state index in [2.05, 4.69) is 10.2 Å². The molecule has 0 radical (unpaired) electrons. The van der Waals surface area contributed by atoms with Gasteiger partial charge >= 0.3 is 0 Å². The average molecular weight is 293 g/mol. The third-order valence-electron chi connectivity index (χ3n) is 2.91. The Hall–Kier alpha value is -2.35. The van der Waals surface area contributed by atoms with Crippen LogP contribution in [0.4, 0.5) is 10.1 Å². The summed E-state index contributed by atoms with van der Waals surface area (Å²) >= 11 is 0. The van der Waals surface area contributed by atoms with Crippen LogP contribution < -0.4 is 5.73 Å². The quantitative estimate of drug-likeness (QED) is 0.672. The molecule has 0 spiro atoms. The maximum atomic E-state index is 13.6. The Labute approximate surface area is 120 Å². The van der Waals surface area contributed by atoms with Crippen LogP contribution in [0.25, 0.3) is 11.4 Å². The highest BCUT2D eigenvalue weighted by atomic mass is 19.1. The number of hydrogen-bond acceptors (Lipinski definition) is 5. The molecule has 0 saturated heterocycles. The van der Waals surface area contributed by atoms with Gasteiger partial charge in [-0.1, -0.05) is 13.8 Å². The van der Waals surface area contributed by atoms with Gasteiger partial charge in [-0.05, 0) is 12.0 Å². The molecule has 0 fully saturated rings. The third-order valence-corrected chi connectivity index (χ3v) is 2.91. The maximum Gasteiger partial charge on any atom is 0.273 e. The van der Waals surface area contributed by atoms with Crippen LogP contribution in [0, 0.1) is 21.8 Å². The fourth-order valence-corrected chi connectivity index (χ4v) is 2.07. The Balaban J connectivity index is 2.56. The van der Waals surface area contributed by atoms with E-state index in [0.717, 1.165) is 6.07 Å². The van der Waals surface area contributed by atoms with E-state index in [1.165, 1.54) is 12.1 Å². The zero-order chi connectivity index (χ0) is 15.6. The molecule has 0 amide bonds. The van der Waals surface area contributed by atoms with Gasteiger partial charge in [0.05, 0.1) is 17.5 Å². The van der Waals surface area contributed by atoms with Gasteiger partial charge in [-0.25, -0.2) is 4.39 Å². The Bertz CT molecular complexity index is 669. The Morgan fingerprint density at radius 1 is 1.38 bits per heavy atom. The van der Waals surface area contributed by atoms with Crippen LogP contribution in [0.3, 0.4) is 0 Å². The van der Waals surface area contributed by atoms with Crippen LogP contribution in [0.5, 0.6) is 0 Å². The summed E-state index contributed by atoms with van der Waals surface area (Å²) in [6.07, 6.45) is 0. The summed E-state index contributed by atoms with van der Waals surface area (Å²) in [5, 5.41) is 18.8. The van der Waals surface area contributed by atoms with Gasteiger partial charge < -0.3 is 10.3 Å². The molecule has 1 heterocycles. The minimum atomic E-state index is -0.687. The average Bonchev–Trinajstić information content (AvgIpc) is 2.80. The van der Waals surface area contributed by atoms with E-state index in [1.807, 2.05) is 13.8 Å². The van der Waals surface area contributed by atoms with Gasteiger partial charge in [0.2, 0.25) is 0 Å². The van der Waals surface area contributed by atoms with E-state index in [4.69, 9.17) is 5.73 Å². The summed E-state index contributed by atoms with van der Waals surface area (Å²) in [7, 11) is 0. The highest BCUT2D eigenvalue weighted by molar-refractivity contribution is 5.59. The molecule has 112 valence electrons. The number of hydrogen-bond donors (Lipinski definition) is 1. The van der Waals surface area contributed by atoms with Gasteiger partial charge in [0, 0.05) is 18.2 Å². The van der Waals surface area contributed by atoms with Gasteiger partial charge in [0.25, 0.3) is 5.69 Å². The molecule has 0 saturated carbocycles. The van der Waals surface area contributed by atoms with Crippen molar-refractivity contribution in [3.8, 4) is 11.4 Å². The summed E-state index contributed by atoms with van der Waals surface area (Å²) in [4.78, 5) is 10.2. The van der Waals surface area contributed by atoms with Crippen molar-refractivity contribution in [1.82, 2.24) is 14.8 Å². The molecule has 0 atom stereocenters. The predicted molar refractivity (Wildman–Crippen MR) is 74.8 cm³/mol. The molecule has 8 heteroatoms. The molecule has 2 aromatic rings.